The van der Waals surface area contributed by atoms with Gasteiger partial charge in [-0.05, 0) is 60.4 Å². The molecule has 1 N–H and O–H groups in total. The van der Waals surface area contributed by atoms with Gasteiger partial charge in [-0.25, -0.2) is 0 Å². The standard InChI is InChI=1S/C31H39NO2/c1-9-24-20(5)27-25-26(30(10-2,17-18-33)31(11-3,12-4)32-27)22-16-14-13-15-21(22)23(28(25)34-24)19-29(6,7)8/h9,11,13-16,33H,3,5,10,12,17-19H2,1-2,4,6-8H3/b24-9+. The minimum atomic E-state index is -0.544. The number of allylic oxidation sites excluding steroid dienone is 2. The number of aliphatic hydroxyl groups excluding tert-OH is 1. The summed E-state index contributed by atoms with van der Waals surface area (Å²) < 4.78 is 6.67. The van der Waals surface area contributed by atoms with Crippen molar-refractivity contribution < 1.29 is 9.84 Å². The van der Waals surface area contributed by atoms with Crippen molar-refractivity contribution in [3.05, 3.63) is 77.6 Å². The molecule has 2 aromatic carbocycles. The van der Waals surface area contributed by atoms with Crippen LogP contribution in [0.25, 0.3) is 10.8 Å². The quantitative estimate of drug-likeness (QED) is 0.458. The Kier molecular flexibility index (Phi) is 6.14. The molecular formula is C31H39NO2. The number of ether oxygens (including phenoxy) is 1. The zero-order valence-electron chi connectivity index (χ0n) is 21.7. The SMILES string of the molecule is C=CC1(CC)N=C2C(=C)/C(=C\C)Oc3c2c(c2ccccc2c3CC(C)(C)C)C1(CC)CCO. The molecular weight excluding hydrogens is 418 g/mol. The molecule has 0 aliphatic carbocycles. The van der Waals surface area contributed by atoms with Crippen LogP contribution in [0.3, 0.4) is 0 Å². The zero-order valence-corrected chi connectivity index (χ0v) is 21.7. The molecule has 2 aliphatic heterocycles. The first-order valence-corrected chi connectivity index (χ1v) is 12.6. The molecule has 180 valence electrons. The van der Waals surface area contributed by atoms with Gasteiger partial charge in [-0.3, -0.25) is 4.99 Å². The lowest BCUT2D eigenvalue weighted by atomic mass is 9.56. The largest absolute Gasteiger partial charge is 0.456 e. The van der Waals surface area contributed by atoms with Crippen molar-refractivity contribution in [1.82, 2.24) is 0 Å². The van der Waals surface area contributed by atoms with E-state index in [9.17, 15) is 5.11 Å². The molecule has 3 heteroatoms. The average molecular weight is 458 g/mol. The van der Waals surface area contributed by atoms with Gasteiger partial charge in [0.1, 0.15) is 11.5 Å². The summed E-state index contributed by atoms with van der Waals surface area (Å²) in [6.07, 6.45) is 7.12. The highest BCUT2D eigenvalue weighted by Crippen LogP contribution is 2.58. The molecule has 34 heavy (non-hydrogen) atoms. The summed E-state index contributed by atoms with van der Waals surface area (Å²) in [4.78, 5) is 5.46. The van der Waals surface area contributed by atoms with Gasteiger partial charge in [0.2, 0.25) is 0 Å². The van der Waals surface area contributed by atoms with Gasteiger partial charge in [-0.2, -0.15) is 0 Å². The lowest BCUT2D eigenvalue weighted by molar-refractivity contribution is 0.172. The Bertz CT molecular complexity index is 1230. The molecule has 0 aromatic heterocycles. The number of hydrogen-bond donors (Lipinski definition) is 1. The predicted molar refractivity (Wildman–Crippen MR) is 144 cm³/mol. The lowest BCUT2D eigenvalue weighted by Crippen LogP contribution is -2.53. The topological polar surface area (TPSA) is 41.8 Å². The maximum atomic E-state index is 10.3. The number of aliphatic hydroxyl groups is 1. The second-order valence-electron chi connectivity index (χ2n) is 10.9. The first kappa shape index (κ1) is 24.5. The Labute approximate surface area is 204 Å². The third kappa shape index (κ3) is 3.32. The smallest absolute Gasteiger partial charge is 0.140 e. The van der Waals surface area contributed by atoms with E-state index in [0.29, 0.717) is 6.42 Å². The van der Waals surface area contributed by atoms with Crippen molar-refractivity contribution in [2.45, 2.75) is 78.2 Å². The third-order valence-corrected chi connectivity index (χ3v) is 7.91. The molecule has 4 rings (SSSR count). The monoisotopic (exact) mass is 457 g/mol. The minimum Gasteiger partial charge on any atom is -0.456 e. The van der Waals surface area contributed by atoms with E-state index in [1.165, 1.54) is 21.9 Å². The molecule has 2 aromatic rings. The van der Waals surface area contributed by atoms with Crippen LogP contribution in [0.4, 0.5) is 0 Å². The number of aliphatic imine (C=N–C) groups is 1. The molecule has 2 aliphatic rings. The summed E-state index contributed by atoms with van der Waals surface area (Å²) in [5.41, 5.74) is 4.38. The lowest BCUT2D eigenvalue weighted by Gasteiger charge is -2.52. The van der Waals surface area contributed by atoms with Crippen LogP contribution < -0.4 is 4.74 Å². The second-order valence-corrected chi connectivity index (χ2v) is 10.9. The first-order chi connectivity index (χ1) is 16.1. The summed E-state index contributed by atoms with van der Waals surface area (Å²) in [6, 6.07) is 8.69. The van der Waals surface area contributed by atoms with E-state index in [4.69, 9.17) is 9.73 Å². The van der Waals surface area contributed by atoms with Gasteiger partial charge in [-0.15, -0.1) is 6.58 Å². The van der Waals surface area contributed by atoms with Gasteiger partial charge >= 0.3 is 0 Å². The molecule has 0 amide bonds. The minimum absolute atomic E-state index is 0.0780. The van der Waals surface area contributed by atoms with Crippen LogP contribution in [0, 0.1) is 5.41 Å². The summed E-state index contributed by atoms with van der Waals surface area (Å²) >= 11 is 0. The Morgan fingerprint density at radius 3 is 2.32 bits per heavy atom. The van der Waals surface area contributed by atoms with Gasteiger partial charge in [0.25, 0.3) is 0 Å². The number of nitrogens with zero attached hydrogens (tertiary/aromatic N) is 1. The Balaban J connectivity index is 2.29. The molecule has 0 bridgehead atoms. The summed E-state index contributed by atoms with van der Waals surface area (Å²) in [5.74, 6) is 1.68. The molecule has 0 radical (unpaired) electrons. The van der Waals surface area contributed by atoms with Crippen LogP contribution >= 0.6 is 0 Å². The second kappa shape index (κ2) is 8.53. The van der Waals surface area contributed by atoms with Gasteiger partial charge < -0.3 is 9.84 Å². The van der Waals surface area contributed by atoms with Gasteiger partial charge in [0.05, 0.1) is 11.3 Å². The molecule has 3 nitrogen and oxygen atoms in total. The Hall–Kier alpha value is -2.65. The van der Waals surface area contributed by atoms with E-state index in [1.54, 1.807) is 0 Å². The van der Waals surface area contributed by atoms with Gasteiger partial charge in [0.15, 0.2) is 0 Å². The fraction of sp³-hybridized carbons (Fsp3) is 0.452. The van der Waals surface area contributed by atoms with Gasteiger partial charge in [0, 0.05) is 28.7 Å². The van der Waals surface area contributed by atoms with Crippen LogP contribution in [0.5, 0.6) is 5.75 Å². The highest BCUT2D eigenvalue weighted by Gasteiger charge is 2.55. The average Bonchev–Trinajstić information content (AvgIpc) is 2.82. The van der Waals surface area contributed by atoms with E-state index in [-0.39, 0.29) is 12.0 Å². The molecule has 2 heterocycles. The number of hydrogen-bond acceptors (Lipinski definition) is 3. The molecule has 2 atom stereocenters. The van der Waals surface area contributed by atoms with Crippen molar-refractivity contribution in [1.29, 1.82) is 0 Å². The van der Waals surface area contributed by atoms with Crippen LogP contribution in [-0.4, -0.2) is 23.0 Å². The van der Waals surface area contributed by atoms with Crippen LogP contribution in [0.2, 0.25) is 0 Å². The molecule has 0 saturated carbocycles. The summed E-state index contributed by atoms with van der Waals surface area (Å²) in [7, 11) is 0. The van der Waals surface area contributed by atoms with Crippen molar-refractivity contribution in [3.8, 4) is 5.75 Å². The number of rotatable bonds is 6. The molecule has 0 spiro atoms. The van der Waals surface area contributed by atoms with Crippen molar-refractivity contribution in [2.75, 3.05) is 6.61 Å². The van der Waals surface area contributed by atoms with E-state index >= 15 is 0 Å². The van der Waals surface area contributed by atoms with Crippen molar-refractivity contribution >= 4 is 16.5 Å². The fourth-order valence-electron chi connectivity index (χ4n) is 6.34. The third-order valence-electron chi connectivity index (χ3n) is 7.91. The number of fused-ring (bicyclic) bond motifs is 2. The van der Waals surface area contributed by atoms with E-state index in [0.717, 1.165) is 47.6 Å². The maximum Gasteiger partial charge on any atom is 0.140 e. The zero-order chi connectivity index (χ0) is 24.9. The first-order valence-electron chi connectivity index (χ1n) is 12.6. The van der Waals surface area contributed by atoms with Crippen LogP contribution in [0.1, 0.15) is 77.5 Å². The van der Waals surface area contributed by atoms with Crippen molar-refractivity contribution in [3.63, 3.8) is 0 Å². The van der Waals surface area contributed by atoms with Gasteiger partial charge in [-0.1, -0.05) is 71.5 Å². The van der Waals surface area contributed by atoms with E-state index < -0.39 is 11.0 Å². The maximum absolute atomic E-state index is 10.3. The van der Waals surface area contributed by atoms with E-state index in [2.05, 4.69) is 72.0 Å². The number of benzene rings is 2. The Morgan fingerprint density at radius 1 is 1.12 bits per heavy atom. The molecule has 0 fully saturated rings. The fourth-order valence-corrected chi connectivity index (χ4v) is 6.34. The van der Waals surface area contributed by atoms with E-state index in [1.807, 2.05) is 19.1 Å². The molecule has 0 saturated heterocycles. The highest BCUT2D eigenvalue weighted by molar-refractivity contribution is 6.22. The highest BCUT2D eigenvalue weighted by atomic mass is 16.5. The summed E-state index contributed by atoms with van der Waals surface area (Å²) in [6.45, 7) is 22.0. The summed E-state index contributed by atoms with van der Waals surface area (Å²) in [5, 5.41) is 12.8. The van der Waals surface area contributed by atoms with Crippen LogP contribution in [-0.2, 0) is 11.8 Å². The van der Waals surface area contributed by atoms with Crippen LogP contribution in [0.15, 0.2) is 65.9 Å². The van der Waals surface area contributed by atoms with Crippen molar-refractivity contribution in [2.24, 2.45) is 10.4 Å². The predicted octanol–water partition coefficient (Wildman–Crippen LogP) is 7.45. The normalized spacial score (nSPS) is 25.2. The molecule has 2 unspecified atom stereocenters. The Morgan fingerprint density at radius 2 is 1.79 bits per heavy atom.